The van der Waals surface area contributed by atoms with Crippen molar-refractivity contribution in [2.45, 2.75) is 25.6 Å². The predicted molar refractivity (Wildman–Crippen MR) is 85.0 cm³/mol. The van der Waals surface area contributed by atoms with Crippen LogP contribution in [0.1, 0.15) is 24.1 Å². The Morgan fingerprint density at radius 1 is 1.52 bits per heavy atom. The number of fused-ring (bicyclic) bond motifs is 4. The fourth-order valence-corrected chi connectivity index (χ4v) is 4.02. The maximum Gasteiger partial charge on any atom is 0.317 e. The number of nitrogens with one attached hydrogen (secondary N) is 2. The van der Waals surface area contributed by atoms with Gasteiger partial charge in [0.15, 0.2) is 10.8 Å². The number of thiocarbonyl (C=S) groups is 1. The van der Waals surface area contributed by atoms with Gasteiger partial charge in [0, 0.05) is 5.56 Å². The number of methoxy groups -OCH3 is 1. The van der Waals surface area contributed by atoms with Crippen molar-refractivity contribution in [3.8, 4) is 5.75 Å². The summed E-state index contributed by atoms with van der Waals surface area (Å²) >= 11 is 8.76. The van der Waals surface area contributed by atoms with Gasteiger partial charge in [0.25, 0.3) is 0 Å². The molecular formula is C14H15BrN2O3S. The third-order valence-corrected chi connectivity index (χ3v) is 4.71. The molecule has 0 aliphatic carbocycles. The van der Waals surface area contributed by atoms with Gasteiger partial charge < -0.3 is 20.1 Å². The van der Waals surface area contributed by atoms with E-state index in [2.05, 4.69) is 26.6 Å². The first-order valence-electron chi connectivity index (χ1n) is 6.51. The summed E-state index contributed by atoms with van der Waals surface area (Å²) in [6, 6.07) is 3.70. The van der Waals surface area contributed by atoms with Gasteiger partial charge in [-0.05, 0) is 53.6 Å². The third-order valence-electron chi connectivity index (χ3n) is 3.90. The van der Waals surface area contributed by atoms with Crippen LogP contribution in [0.5, 0.6) is 5.75 Å². The molecule has 2 heterocycles. The Kier molecular flexibility index (Phi) is 3.37. The minimum Gasteiger partial charge on any atom is -0.469 e. The lowest BCUT2D eigenvalue weighted by Crippen LogP contribution is -2.70. The molecule has 1 fully saturated rings. The van der Waals surface area contributed by atoms with Crippen molar-refractivity contribution in [1.82, 2.24) is 10.6 Å². The number of aryl methyl sites for hydroxylation is 1. The molecule has 1 aromatic carbocycles. The summed E-state index contributed by atoms with van der Waals surface area (Å²) in [5, 5.41) is 6.68. The SMILES string of the molecule is COC(=O)C1C2NC(=S)NC1(C)Oc1c(Br)cc(C)cc12. The second-order valence-electron chi connectivity index (χ2n) is 5.45. The highest BCUT2D eigenvalue weighted by atomic mass is 79.9. The van der Waals surface area contributed by atoms with E-state index in [4.69, 9.17) is 21.7 Å². The largest absolute Gasteiger partial charge is 0.469 e. The highest BCUT2D eigenvalue weighted by Gasteiger charge is 2.55. The van der Waals surface area contributed by atoms with Crippen LogP contribution in [0.15, 0.2) is 16.6 Å². The zero-order valence-corrected chi connectivity index (χ0v) is 14.2. The Morgan fingerprint density at radius 3 is 2.90 bits per heavy atom. The van der Waals surface area contributed by atoms with Crippen LogP contribution in [0.2, 0.25) is 0 Å². The van der Waals surface area contributed by atoms with E-state index in [1.165, 1.54) is 7.11 Å². The second kappa shape index (κ2) is 4.84. The van der Waals surface area contributed by atoms with Gasteiger partial charge in [-0.1, -0.05) is 6.07 Å². The van der Waals surface area contributed by atoms with E-state index in [-0.39, 0.29) is 12.0 Å². The Hall–Kier alpha value is -1.34. The summed E-state index contributed by atoms with van der Waals surface area (Å²) in [7, 11) is 1.38. The molecule has 0 aromatic heterocycles. The number of halogens is 1. The normalized spacial score (nSPS) is 29.6. The summed E-state index contributed by atoms with van der Waals surface area (Å²) in [4.78, 5) is 12.2. The number of esters is 1. The molecule has 3 unspecified atom stereocenters. The van der Waals surface area contributed by atoms with E-state index in [0.29, 0.717) is 5.11 Å². The van der Waals surface area contributed by atoms with Crippen LogP contribution < -0.4 is 15.4 Å². The molecule has 2 N–H and O–H groups in total. The van der Waals surface area contributed by atoms with E-state index in [9.17, 15) is 4.79 Å². The second-order valence-corrected chi connectivity index (χ2v) is 6.71. The van der Waals surface area contributed by atoms with Crippen molar-refractivity contribution in [1.29, 1.82) is 0 Å². The van der Waals surface area contributed by atoms with Gasteiger partial charge in [0.05, 0.1) is 17.6 Å². The minimum absolute atomic E-state index is 0.281. The van der Waals surface area contributed by atoms with Crippen molar-refractivity contribution in [2.24, 2.45) is 5.92 Å². The topological polar surface area (TPSA) is 59.6 Å². The van der Waals surface area contributed by atoms with Crippen molar-refractivity contribution >= 4 is 39.2 Å². The van der Waals surface area contributed by atoms with Gasteiger partial charge in [-0.2, -0.15) is 0 Å². The van der Waals surface area contributed by atoms with Crippen LogP contribution in [0, 0.1) is 12.8 Å². The molecule has 5 nitrogen and oxygen atoms in total. The van der Waals surface area contributed by atoms with Crippen molar-refractivity contribution in [3.63, 3.8) is 0 Å². The Balaban J connectivity index is 2.20. The minimum atomic E-state index is -0.940. The molecule has 21 heavy (non-hydrogen) atoms. The average Bonchev–Trinajstić information content (AvgIpc) is 2.38. The number of ether oxygens (including phenoxy) is 2. The van der Waals surface area contributed by atoms with E-state index < -0.39 is 11.6 Å². The van der Waals surface area contributed by atoms with E-state index in [1.807, 2.05) is 26.0 Å². The van der Waals surface area contributed by atoms with Gasteiger partial charge >= 0.3 is 5.97 Å². The van der Waals surface area contributed by atoms with Crippen LogP contribution >= 0.6 is 28.1 Å². The number of carbonyl (C=O) groups is 1. The molecule has 2 aliphatic heterocycles. The van der Waals surface area contributed by atoms with Gasteiger partial charge in [0.2, 0.25) is 0 Å². The molecule has 1 saturated heterocycles. The van der Waals surface area contributed by atoms with Gasteiger partial charge in [0.1, 0.15) is 11.7 Å². The predicted octanol–water partition coefficient (Wildman–Crippen LogP) is 2.17. The fraction of sp³-hybridized carbons (Fsp3) is 0.429. The van der Waals surface area contributed by atoms with Crippen LogP contribution in [0.3, 0.4) is 0 Å². The van der Waals surface area contributed by atoms with Crippen LogP contribution in [-0.2, 0) is 9.53 Å². The van der Waals surface area contributed by atoms with Crippen LogP contribution in [0.25, 0.3) is 0 Å². The Labute approximate surface area is 136 Å². The first kappa shape index (κ1) is 14.6. The molecular weight excluding hydrogens is 356 g/mol. The maximum absolute atomic E-state index is 12.2. The Bertz CT molecular complexity index is 651. The zero-order valence-electron chi connectivity index (χ0n) is 11.8. The summed E-state index contributed by atoms with van der Waals surface area (Å²) in [6.07, 6.45) is 0. The van der Waals surface area contributed by atoms with E-state index in [0.717, 1.165) is 21.3 Å². The fourth-order valence-electron chi connectivity index (χ4n) is 3.02. The number of hydrogen-bond donors (Lipinski definition) is 2. The number of rotatable bonds is 1. The van der Waals surface area contributed by atoms with Crippen molar-refractivity contribution in [2.75, 3.05) is 7.11 Å². The van der Waals surface area contributed by atoms with Gasteiger partial charge in [-0.15, -0.1) is 0 Å². The van der Waals surface area contributed by atoms with Gasteiger partial charge in [-0.25, -0.2) is 0 Å². The molecule has 2 bridgehead atoms. The molecule has 112 valence electrons. The van der Waals surface area contributed by atoms with Crippen molar-refractivity contribution in [3.05, 3.63) is 27.7 Å². The highest BCUT2D eigenvalue weighted by Crippen LogP contribution is 2.48. The molecule has 0 amide bonds. The molecule has 1 aromatic rings. The first-order chi connectivity index (χ1) is 9.85. The summed E-state index contributed by atoms with van der Waals surface area (Å²) in [5.41, 5.74) is 1.03. The smallest absolute Gasteiger partial charge is 0.317 e. The molecule has 0 saturated carbocycles. The quantitative estimate of drug-likeness (QED) is 0.583. The summed E-state index contributed by atoms with van der Waals surface area (Å²) in [5.74, 6) is -0.153. The van der Waals surface area contributed by atoms with E-state index >= 15 is 0 Å². The average molecular weight is 371 g/mol. The summed E-state index contributed by atoms with van der Waals surface area (Å²) in [6.45, 7) is 3.80. The molecule has 3 atom stereocenters. The lowest BCUT2D eigenvalue weighted by atomic mass is 9.80. The third kappa shape index (κ3) is 2.19. The van der Waals surface area contributed by atoms with E-state index in [1.54, 1.807) is 0 Å². The lowest BCUT2D eigenvalue weighted by molar-refractivity contribution is -0.159. The monoisotopic (exact) mass is 370 g/mol. The molecule has 7 heteroatoms. The molecule has 0 radical (unpaired) electrons. The first-order valence-corrected chi connectivity index (χ1v) is 7.71. The highest BCUT2D eigenvalue weighted by molar-refractivity contribution is 9.10. The summed E-state index contributed by atoms with van der Waals surface area (Å²) < 4.78 is 11.9. The number of carbonyl (C=O) groups excluding carboxylic acids is 1. The number of hydrogen-bond acceptors (Lipinski definition) is 4. The molecule has 0 spiro atoms. The zero-order chi connectivity index (χ0) is 15.4. The Morgan fingerprint density at radius 2 is 2.24 bits per heavy atom. The van der Waals surface area contributed by atoms with Gasteiger partial charge in [-0.3, -0.25) is 4.79 Å². The van der Waals surface area contributed by atoms with Crippen LogP contribution in [-0.4, -0.2) is 23.9 Å². The van der Waals surface area contributed by atoms with Crippen molar-refractivity contribution < 1.29 is 14.3 Å². The van der Waals surface area contributed by atoms with Crippen LogP contribution in [0.4, 0.5) is 0 Å². The maximum atomic E-state index is 12.2. The molecule has 3 rings (SSSR count). The lowest BCUT2D eigenvalue weighted by Gasteiger charge is -2.50. The molecule has 2 aliphatic rings. The number of benzene rings is 1. The standard InChI is InChI=1S/C14H15BrN2O3S/c1-6-4-7-10-9(12(18)19-3)14(2,17-13(21)16-10)20-11(7)8(15)5-6/h4-5,9-10H,1-3H3,(H2,16,17,21).